The van der Waals surface area contributed by atoms with Crippen LogP contribution in [-0.4, -0.2) is 28.1 Å². The zero-order valence-electron chi connectivity index (χ0n) is 9.69. The first-order valence-corrected chi connectivity index (χ1v) is 6.38. The number of carbonyl (C=O) groups is 1. The smallest absolute Gasteiger partial charge is 0.345 e. The van der Waals surface area contributed by atoms with E-state index in [-0.39, 0.29) is 5.54 Å². The van der Waals surface area contributed by atoms with Crippen LogP contribution in [0.1, 0.15) is 41.2 Å². The fourth-order valence-corrected chi connectivity index (χ4v) is 3.08. The van der Waals surface area contributed by atoms with Crippen molar-refractivity contribution in [2.45, 2.75) is 38.8 Å². The predicted octanol–water partition coefficient (Wildman–Crippen LogP) is 2.82. The van der Waals surface area contributed by atoms with E-state index in [4.69, 9.17) is 5.11 Å². The number of carboxylic acids is 1. The summed E-state index contributed by atoms with van der Waals surface area (Å²) in [4.78, 5) is 14.8. The van der Waals surface area contributed by atoms with Gasteiger partial charge in [0, 0.05) is 17.0 Å². The van der Waals surface area contributed by atoms with Crippen LogP contribution in [0.4, 0.5) is 0 Å². The van der Waals surface area contributed by atoms with Gasteiger partial charge < -0.3 is 5.11 Å². The fraction of sp³-hybridized carbons (Fsp3) is 0.583. The van der Waals surface area contributed by atoms with Gasteiger partial charge in [0.15, 0.2) is 0 Å². The lowest BCUT2D eigenvalue weighted by Gasteiger charge is -2.31. The van der Waals surface area contributed by atoms with Crippen molar-refractivity contribution in [2.24, 2.45) is 0 Å². The number of carboxylic acid groups (broad SMARTS) is 1. The van der Waals surface area contributed by atoms with Crippen molar-refractivity contribution in [3.63, 3.8) is 0 Å². The van der Waals surface area contributed by atoms with E-state index >= 15 is 0 Å². The molecule has 0 amide bonds. The topological polar surface area (TPSA) is 40.5 Å². The molecular formula is C12H17NO2S. The molecular weight excluding hydrogens is 222 g/mol. The number of nitrogens with zero attached hydrogens (tertiary/aromatic N) is 1. The minimum Gasteiger partial charge on any atom is -0.477 e. The van der Waals surface area contributed by atoms with Gasteiger partial charge in [0.25, 0.3) is 0 Å². The Morgan fingerprint density at radius 3 is 2.81 bits per heavy atom. The molecule has 0 unspecified atom stereocenters. The summed E-state index contributed by atoms with van der Waals surface area (Å²) in [6.45, 7) is 6.51. The molecule has 2 heterocycles. The summed E-state index contributed by atoms with van der Waals surface area (Å²) in [7, 11) is 0. The largest absolute Gasteiger partial charge is 0.477 e. The summed E-state index contributed by atoms with van der Waals surface area (Å²) in [5.74, 6) is -0.822. The van der Waals surface area contributed by atoms with E-state index in [0.29, 0.717) is 4.88 Å². The van der Waals surface area contributed by atoms with Crippen LogP contribution in [0.3, 0.4) is 0 Å². The summed E-state index contributed by atoms with van der Waals surface area (Å²) in [6, 6.07) is 3.63. The molecule has 1 aliphatic heterocycles. The van der Waals surface area contributed by atoms with E-state index in [0.717, 1.165) is 18.0 Å². The number of hydrogen-bond acceptors (Lipinski definition) is 3. The highest BCUT2D eigenvalue weighted by atomic mass is 32.1. The third-order valence-electron chi connectivity index (χ3n) is 3.29. The normalized spacial score (nSPS) is 20.1. The van der Waals surface area contributed by atoms with Gasteiger partial charge in [-0.05, 0) is 45.4 Å². The van der Waals surface area contributed by atoms with Gasteiger partial charge in [0.1, 0.15) is 4.88 Å². The van der Waals surface area contributed by atoms with Crippen LogP contribution in [0.15, 0.2) is 12.1 Å². The molecule has 1 saturated heterocycles. The molecule has 0 aliphatic carbocycles. The van der Waals surface area contributed by atoms with Crippen molar-refractivity contribution in [1.82, 2.24) is 4.90 Å². The Labute approximate surface area is 99.7 Å². The number of rotatable bonds is 3. The van der Waals surface area contributed by atoms with E-state index in [1.807, 2.05) is 6.07 Å². The summed E-state index contributed by atoms with van der Waals surface area (Å²) < 4.78 is 0. The van der Waals surface area contributed by atoms with Gasteiger partial charge >= 0.3 is 5.97 Å². The Morgan fingerprint density at radius 2 is 2.31 bits per heavy atom. The Hall–Kier alpha value is -0.870. The molecule has 0 atom stereocenters. The molecule has 3 nitrogen and oxygen atoms in total. The minimum absolute atomic E-state index is 0.257. The highest BCUT2D eigenvalue weighted by Gasteiger charge is 2.31. The van der Waals surface area contributed by atoms with E-state index in [2.05, 4.69) is 18.7 Å². The first-order valence-electron chi connectivity index (χ1n) is 5.56. The van der Waals surface area contributed by atoms with Crippen molar-refractivity contribution in [3.05, 3.63) is 21.9 Å². The van der Waals surface area contributed by atoms with Gasteiger partial charge in [0.2, 0.25) is 0 Å². The molecule has 2 rings (SSSR count). The van der Waals surface area contributed by atoms with E-state index in [9.17, 15) is 4.79 Å². The maximum Gasteiger partial charge on any atom is 0.345 e. The Bertz CT molecular complexity index is 397. The van der Waals surface area contributed by atoms with Crippen LogP contribution in [-0.2, 0) is 6.54 Å². The molecule has 1 aliphatic rings. The molecule has 0 bridgehead atoms. The molecule has 1 fully saturated rings. The molecule has 1 aromatic rings. The zero-order valence-corrected chi connectivity index (χ0v) is 10.5. The number of hydrogen-bond donors (Lipinski definition) is 1. The van der Waals surface area contributed by atoms with Crippen molar-refractivity contribution < 1.29 is 9.90 Å². The van der Waals surface area contributed by atoms with Crippen molar-refractivity contribution >= 4 is 17.3 Å². The lowest BCUT2D eigenvalue weighted by Crippen LogP contribution is -2.37. The fourth-order valence-electron chi connectivity index (χ4n) is 2.22. The molecule has 0 saturated carbocycles. The summed E-state index contributed by atoms with van der Waals surface area (Å²) in [6.07, 6.45) is 2.47. The monoisotopic (exact) mass is 239 g/mol. The third-order valence-corrected chi connectivity index (χ3v) is 4.35. The third kappa shape index (κ3) is 2.28. The second kappa shape index (κ2) is 4.18. The molecule has 1 aromatic heterocycles. The average Bonchev–Trinajstić information content (AvgIpc) is 2.75. The quantitative estimate of drug-likeness (QED) is 0.881. The highest BCUT2D eigenvalue weighted by molar-refractivity contribution is 7.13. The molecule has 1 N–H and O–H groups in total. The highest BCUT2D eigenvalue weighted by Crippen LogP contribution is 2.31. The summed E-state index contributed by atoms with van der Waals surface area (Å²) in [5.41, 5.74) is 0.257. The van der Waals surface area contributed by atoms with Crippen molar-refractivity contribution in [2.75, 3.05) is 6.54 Å². The van der Waals surface area contributed by atoms with Gasteiger partial charge in [-0.2, -0.15) is 0 Å². The maximum atomic E-state index is 10.8. The second-order valence-electron chi connectivity index (χ2n) is 4.91. The Balaban J connectivity index is 2.06. The SMILES string of the molecule is CC1(C)CCCN1Cc1ccc(C(=O)O)s1. The Kier molecular flexibility index (Phi) is 3.04. The van der Waals surface area contributed by atoms with Gasteiger partial charge in [-0.25, -0.2) is 4.79 Å². The van der Waals surface area contributed by atoms with E-state index in [1.165, 1.54) is 24.2 Å². The van der Waals surface area contributed by atoms with Crippen LogP contribution in [0, 0.1) is 0 Å². The second-order valence-corrected chi connectivity index (χ2v) is 6.08. The minimum atomic E-state index is -0.822. The summed E-state index contributed by atoms with van der Waals surface area (Å²) in [5, 5.41) is 8.86. The molecule has 4 heteroatoms. The first-order chi connectivity index (χ1) is 7.49. The molecule has 0 aromatic carbocycles. The lowest BCUT2D eigenvalue weighted by molar-refractivity contribution is 0.0702. The molecule has 16 heavy (non-hydrogen) atoms. The lowest BCUT2D eigenvalue weighted by atomic mass is 10.0. The zero-order chi connectivity index (χ0) is 11.8. The van der Waals surface area contributed by atoms with Gasteiger partial charge in [-0.1, -0.05) is 0 Å². The van der Waals surface area contributed by atoms with E-state index < -0.39 is 5.97 Å². The standard InChI is InChI=1S/C12H17NO2S/c1-12(2)6-3-7-13(12)8-9-4-5-10(16-9)11(14)15/h4-5H,3,6-8H2,1-2H3,(H,14,15). The number of aromatic carboxylic acids is 1. The van der Waals surface area contributed by atoms with Crippen LogP contribution >= 0.6 is 11.3 Å². The summed E-state index contributed by atoms with van der Waals surface area (Å²) >= 11 is 1.39. The van der Waals surface area contributed by atoms with Crippen LogP contribution in [0.25, 0.3) is 0 Å². The van der Waals surface area contributed by atoms with Gasteiger partial charge in [0.05, 0.1) is 0 Å². The van der Waals surface area contributed by atoms with Crippen LogP contribution in [0.5, 0.6) is 0 Å². The molecule has 88 valence electrons. The van der Waals surface area contributed by atoms with Crippen molar-refractivity contribution in [3.8, 4) is 0 Å². The van der Waals surface area contributed by atoms with Crippen LogP contribution in [0.2, 0.25) is 0 Å². The average molecular weight is 239 g/mol. The maximum absolute atomic E-state index is 10.8. The van der Waals surface area contributed by atoms with Crippen molar-refractivity contribution in [1.29, 1.82) is 0 Å². The first kappa shape index (κ1) is 11.6. The van der Waals surface area contributed by atoms with Gasteiger partial charge in [-0.15, -0.1) is 11.3 Å². The molecule has 0 radical (unpaired) electrons. The Morgan fingerprint density at radius 1 is 1.56 bits per heavy atom. The number of thiophene rings is 1. The van der Waals surface area contributed by atoms with E-state index in [1.54, 1.807) is 6.07 Å². The van der Waals surface area contributed by atoms with Gasteiger partial charge in [-0.3, -0.25) is 4.90 Å². The van der Waals surface area contributed by atoms with Crippen LogP contribution < -0.4 is 0 Å². The predicted molar refractivity (Wildman–Crippen MR) is 65.0 cm³/mol. The number of likely N-dealkylation sites (tertiary alicyclic amines) is 1. The molecule has 0 spiro atoms.